The number of aromatic amines is 1. The summed E-state index contributed by atoms with van der Waals surface area (Å²) >= 11 is 0. The predicted molar refractivity (Wildman–Crippen MR) is 104 cm³/mol. The van der Waals surface area contributed by atoms with E-state index in [4.69, 9.17) is 4.74 Å². The van der Waals surface area contributed by atoms with Crippen molar-refractivity contribution in [3.8, 4) is 0 Å². The summed E-state index contributed by atoms with van der Waals surface area (Å²) in [5, 5.41) is 0. The van der Waals surface area contributed by atoms with Crippen LogP contribution in [0.25, 0.3) is 0 Å². The molecule has 2 saturated heterocycles. The number of nitrogens with one attached hydrogen (secondary N) is 1. The molecule has 2 aliphatic rings. The smallest absolute Gasteiger partial charge is 0.410 e. The standard InChI is InChI=1S/C20H32N4O3/c1-5-14-12-21-17(22-18(14)25)15-6-9-24(13-15)16-7-10-23(11-8-16)19(26)27-20(2,3)4/h12,15-16H,5-11,13H2,1-4H3,(H,21,22,25)/t15-/m1/s1. The van der Waals surface area contributed by atoms with Crippen molar-refractivity contribution in [1.29, 1.82) is 0 Å². The molecule has 2 fully saturated rings. The summed E-state index contributed by atoms with van der Waals surface area (Å²) in [4.78, 5) is 36.0. The normalized spacial score (nSPS) is 22.2. The highest BCUT2D eigenvalue weighted by Crippen LogP contribution is 2.29. The summed E-state index contributed by atoms with van der Waals surface area (Å²) in [6, 6.07) is 0.482. The monoisotopic (exact) mass is 376 g/mol. The van der Waals surface area contributed by atoms with Crippen LogP contribution in [0.3, 0.4) is 0 Å². The zero-order chi connectivity index (χ0) is 19.6. The van der Waals surface area contributed by atoms with Gasteiger partial charge in [0.2, 0.25) is 0 Å². The largest absolute Gasteiger partial charge is 0.444 e. The predicted octanol–water partition coefficient (Wildman–Crippen LogP) is 2.52. The van der Waals surface area contributed by atoms with E-state index in [1.807, 2.05) is 32.6 Å². The van der Waals surface area contributed by atoms with Crippen molar-refractivity contribution in [3.63, 3.8) is 0 Å². The number of H-pyrrole nitrogens is 1. The molecular formula is C20H32N4O3. The van der Waals surface area contributed by atoms with E-state index in [0.717, 1.165) is 56.8 Å². The van der Waals surface area contributed by atoms with Crippen LogP contribution < -0.4 is 5.56 Å². The van der Waals surface area contributed by atoms with Gasteiger partial charge in [0.15, 0.2) is 0 Å². The van der Waals surface area contributed by atoms with Crippen molar-refractivity contribution in [2.24, 2.45) is 0 Å². The Morgan fingerprint density at radius 2 is 1.96 bits per heavy atom. The number of aryl methyl sites for hydroxylation is 1. The molecule has 0 radical (unpaired) electrons. The molecule has 27 heavy (non-hydrogen) atoms. The number of amides is 1. The quantitative estimate of drug-likeness (QED) is 0.877. The highest BCUT2D eigenvalue weighted by atomic mass is 16.6. The number of piperidine rings is 1. The van der Waals surface area contributed by atoms with Gasteiger partial charge in [-0.2, -0.15) is 0 Å². The Balaban J connectivity index is 1.52. The van der Waals surface area contributed by atoms with Crippen LogP contribution in [0, 0.1) is 0 Å². The molecule has 0 aliphatic carbocycles. The third-order valence-corrected chi connectivity index (χ3v) is 5.51. The lowest BCUT2D eigenvalue weighted by molar-refractivity contribution is 0.0155. The second-order valence-electron chi connectivity index (χ2n) is 8.66. The molecule has 0 spiro atoms. The van der Waals surface area contributed by atoms with Crippen molar-refractivity contribution in [2.45, 2.75) is 70.9 Å². The zero-order valence-electron chi connectivity index (χ0n) is 17.0. The summed E-state index contributed by atoms with van der Waals surface area (Å²) in [6.45, 7) is 11.1. The van der Waals surface area contributed by atoms with Gasteiger partial charge < -0.3 is 14.6 Å². The van der Waals surface area contributed by atoms with E-state index in [9.17, 15) is 9.59 Å². The number of carbonyl (C=O) groups is 1. The van der Waals surface area contributed by atoms with Gasteiger partial charge >= 0.3 is 6.09 Å². The minimum atomic E-state index is -0.451. The Morgan fingerprint density at radius 3 is 2.56 bits per heavy atom. The second kappa shape index (κ2) is 8.00. The highest BCUT2D eigenvalue weighted by Gasteiger charge is 2.34. The van der Waals surface area contributed by atoms with Gasteiger partial charge in [0.05, 0.1) is 0 Å². The van der Waals surface area contributed by atoms with Gasteiger partial charge in [-0.05, 0) is 53.0 Å². The van der Waals surface area contributed by atoms with E-state index in [0.29, 0.717) is 12.5 Å². The molecule has 1 aromatic heterocycles. The molecule has 2 aliphatic heterocycles. The minimum absolute atomic E-state index is 0.00776. The van der Waals surface area contributed by atoms with Crippen LogP contribution in [0.1, 0.15) is 64.3 Å². The van der Waals surface area contributed by atoms with E-state index < -0.39 is 5.60 Å². The molecule has 1 atom stereocenters. The fraction of sp³-hybridized carbons (Fsp3) is 0.750. The van der Waals surface area contributed by atoms with Crippen LogP contribution in [0.15, 0.2) is 11.0 Å². The maximum atomic E-state index is 12.2. The molecule has 1 N–H and O–H groups in total. The number of likely N-dealkylation sites (tertiary alicyclic amines) is 2. The molecule has 1 amide bonds. The second-order valence-corrected chi connectivity index (χ2v) is 8.66. The van der Waals surface area contributed by atoms with Crippen molar-refractivity contribution < 1.29 is 9.53 Å². The zero-order valence-corrected chi connectivity index (χ0v) is 17.0. The number of nitrogens with zero attached hydrogens (tertiary/aromatic N) is 3. The molecule has 150 valence electrons. The number of hydrogen-bond acceptors (Lipinski definition) is 5. The topological polar surface area (TPSA) is 78.5 Å². The van der Waals surface area contributed by atoms with Gasteiger partial charge in [-0.15, -0.1) is 0 Å². The van der Waals surface area contributed by atoms with Crippen LogP contribution in [-0.4, -0.2) is 63.7 Å². The average molecular weight is 377 g/mol. The summed E-state index contributed by atoms with van der Waals surface area (Å²) in [5.74, 6) is 1.10. The number of aromatic nitrogens is 2. The van der Waals surface area contributed by atoms with E-state index >= 15 is 0 Å². The van der Waals surface area contributed by atoms with Crippen molar-refractivity contribution in [1.82, 2.24) is 19.8 Å². The third kappa shape index (κ3) is 4.89. The van der Waals surface area contributed by atoms with E-state index in [1.165, 1.54) is 0 Å². The molecule has 0 saturated carbocycles. The van der Waals surface area contributed by atoms with Crippen LogP contribution in [0.4, 0.5) is 4.79 Å². The van der Waals surface area contributed by atoms with E-state index in [1.54, 1.807) is 6.20 Å². The number of carbonyl (C=O) groups excluding carboxylic acids is 1. The van der Waals surface area contributed by atoms with E-state index in [2.05, 4.69) is 14.9 Å². The first-order valence-corrected chi connectivity index (χ1v) is 10.1. The molecule has 0 unspecified atom stereocenters. The summed E-state index contributed by atoms with van der Waals surface area (Å²) < 4.78 is 5.47. The average Bonchev–Trinajstić information content (AvgIpc) is 3.10. The minimum Gasteiger partial charge on any atom is -0.444 e. The van der Waals surface area contributed by atoms with Crippen LogP contribution >= 0.6 is 0 Å². The Bertz CT molecular complexity index is 717. The molecule has 0 aromatic carbocycles. The fourth-order valence-electron chi connectivity index (χ4n) is 3.98. The Labute approximate surface area is 161 Å². The lowest BCUT2D eigenvalue weighted by atomic mass is 10.0. The van der Waals surface area contributed by atoms with Crippen molar-refractivity contribution >= 4 is 6.09 Å². The van der Waals surface area contributed by atoms with Crippen molar-refractivity contribution in [2.75, 3.05) is 26.2 Å². The lowest BCUT2D eigenvalue weighted by Gasteiger charge is -2.37. The molecule has 3 rings (SSSR count). The Morgan fingerprint density at radius 1 is 1.26 bits per heavy atom. The molecule has 7 heteroatoms. The first-order chi connectivity index (χ1) is 12.8. The van der Waals surface area contributed by atoms with Gasteiger partial charge in [-0.3, -0.25) is 9.69 Å². The lowest BCUT2D eigenvalue weighted by Crippen LogP contribution is -2.47. The van der Waals surface area contributed by atoms with Crippen LogP contribution in [0.5, 0.6) is 0 Å². The van der Waals surface area contributed by atoms with Gasteiger partial charge in [-0.25, -0.2) is 9.78 Å². The summed E-state index contributed by atoms with van der Waals surface area (Å²) in [7, 11) is 0. The van der Waals surface area contributed by atoms with Crippen LogP contribution in [-0.2, 0) is 11.2 Å². The molecule has 1 aromatic rings. The number of rotatable bonds is 3. The fourth-order valence-corrected chi connectivity index (χ4v) is 3.98. The van der Waals surface area contributed by atoms with E-state index in [-0.39, 0.29) is 17.6 Å². The Hall–Kier alpha value is -1.89. The molecular weight excluding hydrogens is 344 g/mol. The summed E-state index contributed by atoms with van der Waals surface area (Å²) in [5.41, 5.74) is 0.280. The Kier molecular flexibility index (Phi) is 5.89. The first kappa shape index (κ1) is 19.9. The third-order valence-electron chi connectivity index (χ3n) is 5.51. The number of hydrogen-bond donors (Lipinski definition) is 1. The van der Waals surface area contributed by atoms with Crippen molar-refractivity contribution in [3.05, 3.63) is 27.9 Å². The maximum Gasteiger partial charge on any atom is 0.410 e. The summed E-state index contributed by atoms with van der Waals surface area (Å²) in [6.07, 6.45) is 5.15. The van der Waals surface area contributed by atoms with Gasteiger partial charge in [0, 0.05) is 43.4 Å². The van der Waals surface area contributed by atoms with Gasteiger partial charge in [-0.1, -0.05) is 6.92 Å². The molecule has 7 nitrogen and oxygen atoms in total. The van der Waals surface area contributed by atoms with Gasteiger partial charge in [0.25, 0.3) is 5.56 Å². The first-order valence-electron chi connectivity index (χ1n) is 10.1. The highest BCUT2D eigenvalue weighted by molar-refractivity contribution is 5.68. The van der Waals surface area contributed by atoms with Gasteiger partial charge in [0.1, 0.15) is 11.4 Å². The maximum absolute atomic E-state index is 12.2. The number of ether oxygens (including phenoxy) is 1. The SMILES string of the molecule is CCc1cnc([C@@H]2CCN(C3CCN(C(=O)OC(C)(C)C)CC3)C2)[nH]c1=O. The molecule has 3 heterocycles. The molecule has 0 bridgehead atoms. The van der Waals surface area contributed by atoms with Crippen LogP contribution in [0.2, 0.25) is 0 Å².